The van der Waals surface area contributed by atoms with E-state index in [2.05, 4.69) is 6.58 Å². The Morgan fingerprint density at radius 2 is 1.91 bits per heavy atom. The molecule has 0 heterocycles. The van der Waals surface area contributed by atoms with Crippen LogP contribution in [0.15, 0.2) is 48.7 Å². The molecule has 0 aliphatic rings. The predicted octanol–water partition coefficient (Wildman–Crippen LogP) is 2.01. The Hall–Kier alpha value is -2.12. The molecule has 0 amide bonds. The van der Waals surface area contributed by atoms with Gasteiger partial charge in [0.05, 0.1) is 0 Å². The lowest BCUT2D eigenvalue weighted by Gasteiger charge is -2.22. The van der Waals surface area contributed by atoms with Crippen molar-refractivity contribution in [3.05, 3.63) is 54.3 Å². The molecule has 1 atom stereocenters. The summed E-state index contributed by atoms with van der Waals surface area (Å²) in [5, 5.41) is -1.12. The van der Waals surface area contributed by atoms with E-state index in [1.807, 2.05) is 30.3 Å². The second kappa shape index (κ2) is 8.50. The number of nitrogens with zero attached hydrogens (tertiary/aromatic N) is 1. The molecule has 0 radical (unpaired) electrons. The predicted molar refractivity (Wildman–Crippen MR) is 88.7 cm³/mol. The third kappa shape index (κ3) is 6.25. The molecule has 1 aromatic carbocycles. The minimum Gasteiger partial charge on any atom is -0.459 e. The van der Waals surface area contributed by atoms with E-state index in [0.29, 0.717) is 0 Å². The van der Waals surface area contributed by atoms with Crippen LogP contribution in [0, 0.1) is 0 Å². The minimum absolute atomic E-state index is 0.199. The first-order valence-corrected chi connectivity index (χ1v) is 8.34. The van der Waals surface area contributed by atoms with Gasteiger partial charge in [0.25, 0.3) is 0 Å². The van der Waals surface area contributed by atoms with Crippen LogP contribution in [0.4, 0.5) is 0 Å². The first-order valence-electron chi connectivity index (χ1n) is 6.87. The van der Waals surface area contributed by atoms with Gasteiger partial charge >= 0.3 is 16.1 Å². The highest BCUT2D eigenvalue weighted by Crippen LogP contribution is 2.11. The molecule has 0 saturated carbocycles. The van der Waals surface area contributed by atoms with Crippen LogP contribution >= 0.6 is 0 Å². The van der Waals surface area contributed by atoms with Gasteiger partial charge in [-0.05, 0) is 32.7 Å². The maximum atomic E-state index is 12.2. The number of ether oxygens (including phenoxy) is 1. The second-order valence-electron chi connectivity index (χ2n) is 5.10. The molecule has 23 heavy (non-hydrogen) atoms. The summed E-state index contributed by atoms with van der Waals surface area (Å²) in [4.78, 5) is 12.8. The molecule has 1 rings (SSSR count). The molecular formula is C16H21NO5S. The van der Waals surface area contributed by atoms with Crippen molar-refractivity contribution in [2.24, 2.45) is 0 Å². The maximum absolute atomic E-state index is 12.2. The first kappa shape index (κ1) is 18.9. The highest BCUT2D eigenvalue weighted by Gasteiger charge is 2.30. The fourth-order valence-corrected chi connectivity index (χ4v) is 2.66. The van der Waals surface area contributed by atoms with Gasteiger partial charge in [-0.25, -0.2) is 4.79 Å². The molecule has 6 nitrogen and oxygen atoms in total. The van der Waals surface area contributed by atoms with Gasteiger partial charge in [0.15, 0.2) is 5.37 Å². The normalized spacial score (nSPS) is 13.0. The number of esters is 1. The number of likely N-dealkylation sites (N-methyl/N-ethyl adjacent to an activating group) is 1. The Bertz CT molecular complexity index is 665. The smallest absolute Gasteiger partial charge is 0.333 e. The molecule has 7 heteroatoms. The fourth-order valence-electron chi connectivity index (χ4n) is 1.57. The SMILES string of the molecule is C=C(C)C(=O)OCC(N(C)C)S(=O)(=O)OC=Cc1ccccc1. The van der Waals surface area contributed by atoms with Gasteiger partial charge in [0, 0.05) is 5.57 Å². The Morgan fingerprint density at radius 3 is 2.43 bits per heavy atom. The van der Waals surface area contributed by atoms with Crippen molar-refractivity contribution in [2.45, 2.75) is 12.3 Å². The summed E-state index contributed by atoms with van der Waals surface area (Å²) in [5.41, 5.74) is 1.00. The van der Waals surface area contributed by atoms with Crippen LogP contribution in [0.1, 0.15) is 12.5 Å². The van der Waals surface area contributed by atoms with Gasteiger partial charge in [-0.1, -0.05) is 36.9 Å². The lowest BCUT2D eigenvalue weighted by Crippen LogP contribution is -2.40. The van der Waals surface area contributed by atoms with Crippen LogP contribution in [0.2, 0.25) is 0 Å². The summed E-state index contributed by atoms with van der Waals surface area (Å²) in [5.74, 6) is -0.646. The van der Waals surface area contributed by atoms with Crippen LogP contribution in [0.25, 0.3) is 6.08 Å². The largest absolute Gasteiger partial charge is 0.459 e. The van der Waals surface area contributed by atoms with E-state index in [-0.39, 0.29) is 12.2 Å². The fraction of sp³-hybridized carbons (Fsp3) is 0.312. The summed E-state index contributed by atoms with van der Waals surface area (Å²) in [7, 11) is -0.868. The monoisotopic (exact) mass is 339 g/mol. The minimum atomic E-state index is -3.98. The van der Waals surface area contributed by atoms with Gasteiger partial charge in [0.1, 0.15) is 12.9 Å². The Morgan fingerprint density at radius 1 is 1.30 bits per heavy atom. The van der Waals surface area contributed by atoms with E-state index in [4.69, 9.17) is 8.92 Å². The van der Waals surface area contributed by atoms with Gasteiger partial charge in [-0.15, -0.1) is 0 Å². The standard InChI is InChI=1S/C16H21NO5S/c1-13(2)16(18)21-12-15(17(3)4)23(19,20)22-11-10-14-8-6-5-7-9-14/h5-11,15H,1,12H2,2-4H3. The van der Waals surface area contributed by atoms with Crippen molar-refractivity contribution in [1.29, 1.82) is 0 Å². The quantitative estimate of drug-likeness (QED) is 0.312. The van der Waals surface area contributed by atoms with Crippen LogP contribution in [-0.2, 0) is 23.8 Å². The Kier molecular flexibility index (Phi) is 6.99. The van der Waals surface area contributed by atoms with E-state index in [1.54, 1.807) is 14.1 Å². The summed E-state index contributed by atoms with van der Waals surface area (Å²) in [6.45, 7) is 4.58. The van der Waals surface area contributed by atoms with Crippen LogP contribution in [0.3, 0.4) is 0 Å². The highest BCUT2D eigenvalue weighted by atomic mass is 32.2. The topological polar surface area (TPSA) is 72.9 Å². The van der Waals surface area contributed by atoms with Crippen molar-refractivity contribution in [3.63, 3.8) is 0 Å². The molecule has 0 spiro atoms. The van der Waals surface area contributed by atoms with E-state index in [1.165, 1.54) is 17.9 Å². The molecule has 0 aliphatic heterocycles. The lowest BCUT2D eigenvalue weighted by molar-refractivity contribution is -0.139. The van der Waals surface area contributed by atoms with E-state index in [0.717, 1.165) is 11.8 Å². The summed E-state index contributed by atoms with van der Waals surface area (Å²) in [6.07, 6.45) is 2.63. The van der Waals surface area contributed by atoms with Crippen molar-refractivity contribution >= 4 is 22.2 Å². The number of carbonyl (C=O) groups is 1. The van der Waals surface area contributed by atoms with Crippen LogP contribution < -0.4 is 0 Å². The number of hydrogen-bond acceptors (Lipinski definition) is 6. The van der Waals surface area contributed by atoms with Gasteiger partial charge in [0.2, 0.25) is 0 Å². The molecule has 0 saturated heterocycles. The first-order chi connectivity index (χ1) is 10.7. The zero-order chi connectivity index (χ0) is 17.5. The zero-order valence-corrected chi connectivity index (χ0v) is 14.2. The number of hydrogen-bond donors (Lipinski definition) is 0. The zero-order valence-electron chi connectivity index (χ0n) is 13.4. The van der Waals surface area contributed by atoms with Crippen LogP contribution in [0.5, 0.6) is 0 Å². The van der Waals surface area contributed by atoms with Crippen molar-refractivity contribution in [2.75, 3.05) is 20.7 Å². The van der Waals surface area contributed by atoms with Crippen molar-refractivity contribution in [1.82, 2.24) is 4.90 Å². The summed E-state index contributed by atoms with van der Waals surface area (Å²) >= 11 is 0. The van der Waals surface area contributed by atoms with Crippen molar-refractivity contribution < 1.29 is 22.1 Å². The molecule has 0 N–H and O–H groups in total. The Labute approximate surface area is 137 Å². The summed E-state index contributed by atoms with van der Waals surface area (Å²) < 4.78 is 34.2. The molecule has 126 valence electrons. The van der Waals surface area contributed by atoms with E-state index < -0.39 is 21.5 Å². The molecule has 0 aromatic heterocycles. The molecule has 0 bridgehead atoms. The van der Waals surface area contributed by atoms with Crippen LogP contribution in [-0.4, -0.2) is 45.4 Å². The molecule has 1 aromatic rings. The summed E-state index contributed by atoms with van der Waals surface area (Å²) in [6, 6.07) is 9.13. The average Bonchev–Trinajstić information content (AvgIpc) is 2.47. The van der Waals surface area contributed by atoms with Gasteiger partial charge in [-0.2, -0.15) is 8.42 Å². The number of benzene rings is 1. The van der Waals surface area contributed by atoms with E-state index in [9.17, 15) is 13.2 Å². The lowest BCUT2D eigenvalue weighted by atomic mass is 10.2. The van der Waals surface area contributed by atoms with Crippen molar-refractivity contribution in [3.8, 4) is 0 Å². The number of carbonyl (C=O) groups excluding carboxylic acids is 1. The highest BCUT2D eigenvalue weighted by molar-refractivity contribution is 7.87. The third-order valence-corrected chi connectivity index (χ3v) is 4.47. The third-order valence-electron chi connectivity index (χ3n) is 2.86. The number of rotatable bonds is 8. The Balaban J connectivity index is 2.74. The van der Waals surface area contributed by atoms with E-state index >= 15 is 0 Å². The molecular weight excluding hydrogens is 318 g/mol. The maximum Gasteiger partial charge on any atom is 0.333 e. The molecule has 0 aliphatic carbocycles. The average molecular weight is 339 g/mol. The molecule has 0 fully saturated rings. The van der Waals surface area contributed by atoms with Gasteiger partial charge in [-0.3, -0.25) is 4.90 Å². The second-order valence-corrected chi connectivity index (χ2v) is 6.82. The van der Waals surface area contributed by atoms with Gasteiger partial charge < -0.3 is 8.92 Å². The molecule has 1 unspecified atom stereocenters.